The van der Waals surface area contributed by atoms with Crippen molar-refractivity contribution in [3.05, 3.63) is 34.3 Å². The van der Waals surface area contributed by atoms with Gasteiger partial charge in [-0.15, -0.1) is 0 Å². The molecule has 1 aliphatic rings. The van der Waals surface area contributed by atoms with E-state index in [1.165, 1.54) is 0 Å². The first-order valence-corrected chi connectivity index (χ1v) is 5.37. The minimum Gasteiger partial charge on any atom is -0.329 e. The molecular weight excluding hydrogens is 242 g/mol. The predicted octanol–water partition coefficient (Wildman–Crippen LogP) is 2.68. The fourth-order valence-electron chi connectivity index (χ4n) is 1.45. The van der Waals surface area contributed by atoms with Gasteiger partial charge in [0, 0.05) is 16.6 Å². The predicted molar refractivity (Wildman–Crippen MR) is 59.3 cm³/mol. The number of rotatable bonds is 1. The quantitative estimate of drug-likeness (QED) is 0.705. The van der Waals surface area contributed by atoms with Crippen LogP contribution in [0.3, 0.4) is 0 Å². The zero-order valence-corrected chi connectivity index (χ0v) is 9.84. The Morgan fingerprint density at radius 1 is 1.36 bits per heavy atom. The van der Waals surface area contributed by atoms with Crippen LogP contribution >= 0.6 is 15.9 Å². The summed E-state index contributed by atoms with van der Waals surface area (Å²) in [5.41, 5.74) is 0.822. The average Bonchev–Trinajstić information content (AvgIpc) is 2.75. The molecule has 0 spiro atoms. The van der Waals surface area contributed by atoms with Gasteiger partial charge in [-0.1, -0.05) is 15.9 Å². The highest BCUT2D eigenvalue weighted by molar-refractivity contribution is 9.10. The lowest BCUT2D eigenvalue weighted by atomic mass is 10.2. The molecular formula is C11H12BrNO. The van der Waals surface area contributed by atoms with Gasteiger partial charge in [-0.05, 0) is 38.1 Å². The van der Waals surface area contributed by atoms with Crippen molar-refractivity contribution < 1.29 is 4.79 Å². The molecule has 1 fully saturated rings. The first-order chi connectivity index (χ1) is 6.50. The smallest absolute Gasteiger partial charge is 0.254 e. The van der Waals surface area contributed by atoms with Crippen molar-refractivity contribution >= 4 is 21.8 Å². The van der Waals surface area contributed by atoms with E-state index in [4.69, 9.17) is 0 Å². The molecule has 1 heterocycles. The average molecular weight is 254 g/mol. The van der Waals surface area contributed by atoms with Gasteiger partial charge < -0.3 is 4.90 Å². The van der Waals surface area contributed by atoms with Crippen molar-refractivity contribution in [2.45, 2.75) is 19.4 Å². The van der Waals surface area contributed by atoms with E-state index in [-0.39, 0.29) is 11.4 Å². The summed E-state index contributed by atoms with van der Waals surface area (Å²) >= 11 is 3.34. The van der Waals surface area contributed by atoms with Gasteiger partial charge in [0.05, 0.1) is 5.54 Å². The molecule has 0 N–H and O–H groups in total. The topological polar surface area (TPSA) is 20.1 Å². The molecule has 2 rings (SSSR count). The summed E-state index contributed by atoms with van der Waals surface area (Å²) < 4.78 is 0.999. The maximum Gasteiger partial charge on any atom is 0.254 e. The van der Waals surface area contributed by atoms with E-state index in [1.807, 2.05) is 29.2 Å². The van der Waals surface area contributed by atoms with Crippen molar-refractivity contribution in [2.75, 3.05) is 6.54 Å². The summed E-state index contributed by atoms with van der Waals surface area (Å²) in [6.07, 6.45) is 0. The lowest BCUT2D eigenvalue weighted by Crippen LogP contribution is -2.17. The number of hydrogen-bond acceptors (Lipinski definition) is 1. The van der Waals surface area contributed by atoms with Crippen LogP contribution in [0, 0.1) is 0 Å². The van der Waals surface area contributed by atoms with Gasteiger partial charge in [0.1, 0.15) is 0 Å². The third kappa shape index (κ3) is 1.69. The maximum absolute atomic E-state index is 11.8. The molecule has 0 atom stereocenters. The molecule has 74 valence electrons. The fraction of sp³-hybridized carbons (Fsp3) is 0.364. The van der Waals surface area contributed by atoms with Crippen LogP contribution in [0.4, 0.5) is 0 Å². The lowest BCUT2D eigenvalue weighted by Gasteiger charge is -2.06. The number of amides is 1. The molecule has 3 heteroatoms. The van der Waals surface area contributed by atoms with Gasteiger partial charge >= 0.3 is 0 Å². The Morgan fingerprint density at radius 2 is 1.86 bits per heavy atom. The van der Waals surface area contributed by atoms with Gasteiger partial charge in [-0.2, -0.15) is 0 Å². The molecule has 0 aromatic heterocycles. The van der Waals surface area contributed by atoms with Crippen molar-refractivity contribution in [1.82, 2.24) is 4.90 Å². The molecule has 14 heavy (non-hydrogen) atoms. The van der Waals surface area contributed by atoms with E-state index in [0.29, 0.717) is 0 Å². The highest BCUT2D eigenvalue weighted by Crippen LogP contribution is 2.32. The van der Waals surface area contributed by atoms with Crippen molar-refractivity contribution in [2.24, 2.45) is 0 Å². The van der Waals surface area contributed by atoms with Gasteiger partial charge in [0.25, 0.3) is 5.91 Å². The minimum absolute atomic E-state index is 0.0597. The lowest BCUT2D eigenvalue weighted by molar-refractivity contribution is 0.0861. The first kappa shape index (κ1) is 9.71. The molecule has 0 unspecified atom stereocenters. The molecule has 1 saturated heterocycles. The Balaban J connectivity index is 2.17. The van der Waals surface area contributed by atoms with E-state index >= 15 is 0 Å². The normalized spacial score (nSPS) is 18.1. The van der Waals surface area contributed by atoms with E-state index in [9.17, 15) is 4.79 Å². The van der Waals surface area contributed by atoms with Crippen LogP contribution < -0.4 is 0 Å². The second-order valence-corrected chi connectivity index (χ2v) is 5.13. The van der Waals surface area contributed by atoms with Gasteiger partial charge in [0.15, 0.2) is 0 Å². The van der Waals surface area contributed by atoms with Crippen LogP contribution in [-0.4, -0.2) is 22.9 Å². The highest BCUT2D eigenvalue weighted by Gasteiger charge is 2.46. The summed E-state index contributed by atoms with van der Waals surface area (Å²) in [6.45, 7) is 5.01. The number of carbonyl (C=O) groups excluding carboxylic acids is 1. The van der Waals surface area contributed by atoms with E-state index in [1.54, 1.807) is 0 Å². The molecule has 0 aliphatic carbocycles. The van der Waals surface area contributed by atoms with Crippen LogP contribution in [0.1, 0.15) is 24.2 Å². The molecule has 0 bridgehead atoms. The highest BCUT2D eigenvalue weighted by atomic mass is 79.9. The summed E-state index contributed by atoms with van der Waals surface area (Å²) in [5.74, 6) is 0.127. The number of halogens is 1. The second kappa shape index (κ2) is 3.09. The summed E-state index contributed by atoms with van der Waals surface area (Å²) in [5, 5.41) is 0. The Kier molecular flexibility index (Phi) is 2.14. The largest absolute Gasteiger partial charge is 0.329 e. The molecule has 0 radical (unpaired) electrons. The van der Waals surface area contributed by atoms with E-state index in [2.05, 4.69) is 29.8 Å². The van der Waals surface area contributed by atoms with Crippen LogP contribution in [0.2, 0.25) is 0 Å². The first-order valence-electron chi connectivity index (χ1n) is 4.58. The molecule has 1 aliphatic heterocycles. The zero-order chi connectivity index (χ0) is 10.3. The van der Waals surface area contributed by atoms with Crippen molar-refractivity contribution in [3.63, 3.8) is 0 Å². The van der Waals surface area contributed by atoms with E-state index < -0.39 is 0 Å². The monoisotopic (exact) mass is 253 g/mol. The summed E-state index contributed by atoms with van der Waals surface area (Å²) in [7, 11) is 0. The number of carbonyl (C=O) groups is 1. The number of hydrogen-bond donors (Lipinski definition) is 0. The van der Waals surface area contributed by atoms with Gasteiger partial charge in [-0.25, -0.2) is 0 Å². The Bertz CT molecular complexity index is 369. The number of benzene rings is 1. The SMILES string of the molecule is CC1(C)CN1C(=O)c1ccc(Br)cc1. The Labute approximate surface area is 92.0 Å². The molecule has 1 amide bonds. The summed E-state index contributed by atoms with van der Waals surface area (Å²) in [4.78, 5) is 13.7. The third-order valence-corrected chi connectivity index (χ3v) is 3.04. The van der Waals surface area contributed by atoms with Crippen LogP contribution in [0.15, 0.2) is 28.7 Å². The van der Waals surface area contributed by atoms with Crippen molar-refractivity contribution in [3.8, 4) is 0 Å². The molecule has 0 saturated carbocycles. The molecule has 1 aromatic carbocycles. The molecule has 2 nitrogen and oxygen atoms in total. The second-order valence-electron chi connectivity index (χ2n) is 4.21. The van der Waals surface area contributed by atoms with Crippen LogP contribution in [-0.2, 0) is 0 Å². The third-order valence-electron chi connectivity index (χ3n) is 2.51. The molecule has 1 aromatic rings. The van der Waals surface area contributed by atoms with Gasteiger partial charge in [0.2, 0.25) is 0 Å². The van der Waals surface area contributed by atoms with E-state index in [0.717, 1.165) is 16.6 Å². The van der Waals surface area contributed by atoms with Crippen molar-refractivity contribution in [1.29, 1.82) is 0 Å². The Hall–Kier alpha value is -0.830. The van der Waals surface area contributed by atoms with Crippen LogP contribution in [0.25, 0.3) is 0 Å². The fourth-order valence-corrected chi connectivity index (χ4v) is 1.71. The summed E-state index contributed by atoms with van der Waals surface area (Å²) in [6, 6.07) is 7.48. The number of nitrogens with zero attached hydrogens (tertiary/aromatic N) is 1. The Morgan fingerprint density at radius 3 is 2.29 bits per heavy atom. The standard InChI is InChI=1S/C11H12BrNO/c1-11(2)7-13(11)10(14)8-3-5-9(12)6-4-8/h3-6H,7H2,1-2H3. The van der Waals surface area contributed by atoms with Gasteiger partial charge in [-0.3, -0.25) is 4.79 Å². The zero-order valence-electron chi connectivity index (χ0n) is 8.25. The minimum atomic E-state index is 0.0597. The van der Waals surface area contributed by atoms with Crippen LogP contribution in [0.5, 0.6) is 0 Å². The maximum atomic E-state index is 11.8.